The van der Waals surface area contributed by atoms with Gasteiger partial charge in [-0.05, 0) is 35.5 Å². The van der Waals surface area contributed by atoms with E-state index in [0.717, 1.165) is 24.7 Å². The fourth-order valence-corrected chi connectivity index (χ4v) is 1.81. The minimum absolute atomic E-state index is 0.271. The molecular formula is C15H20O. The zero-order chi connectivity index (χ0) is 12.0. The van der Waals surface area contributed by atoms with Crippen molar-refractivity contribution in [3.8, 4) is 0 Å². The van der Waals surface area contributed by atoms with Gasteiger partial charge in [0.05, 0.1) is 0 Å². The van der Waals surface area contributed by atoms with Gasteiger partial charge < -0.3 is 0 Å². The summed E-state index contributed by atoms with van der Waals surface area (Å²) in [7, 11) is 0. The van der Waals surface area contributed by atoms with Crippen LogP contribution in [0.4, 0.5) is 0 Å². The average molecular weight is 216 g/mol. The Morgan fingerprint density at radius 1 is 1.12 bits per heavy atom. The van der Waals surface area contributed by atoms with Crippen molar-refractivity contribution in [3.63, 3.8) is 0 Å². The highest BCUT2D eigenvalue weighted by atomic mass is 16.1. The Bertz CT molecular complexity index is 356. The quantitative estimate of drug-likeness (QED) is 0.537. The van der Waals surface area contributed by atoms with Gasteiger partial charge in [-0.1, -0.05) is 51.1 Å². The number of hydrogen-bond acceptors (Lipinski definition) is 1. The van der Waals surface area contributed by atoms with Crippen LogP contribution in [0.2, 0.25) is 0 Å². The van der Waals surface area contributed by atoms with E-state index in [1.165, 1.54) is 11.6 Å². The van der Waals surface area contributed by atoms with Crippen molar-refractivity contribution in [2.24, 2.45) is 0 Å². The van der Waals surface area contributed by atoms with Crippen LogP contribution in [-0.4, -0.2) is 6.29 Å². The smallest absolute Gasteiger partial charge is 0.142 e. The molecule has 0 aliphatic heterocycles. The van der Waals surface area contributed by atoms with Gasteiger partial charge in [-0.15, -0.1) is 0 Å². The number of carbonyl (C=O) groups excluding carboxylic acids is 1. The monoisotopic (exact) mass is 216 g/mol. The molecule has 1 nitrogen and oxygen atoms in total. The van der Waals surface area contributed by atoms with E-state index in [9.17, 15) is 4.79 Å². The first-order chi connectivity index (χ1) is 7.66. The fourth-order valence-electron chi connectivity index (χ4n) is 1.81. The maximum atomic E-state index is 10.2. The summed E-state index contributed by atoms with van der Waals surface area (Å²) in [6, 6.07) is 8.47. The van der Waals surface area contributed by atoms with Gasteiger partial charge in [-0.2, -0.15) is 0 Å². The molecule has 0 aromatic heterocycles. The SMILES string of the molecule is CCC(C)(CC)c1ccc(/C=C/C=O)cc1. The predicted molar refractivity (Wildman–Crippen MR) is 69.5 cm³/mol. The summed E-state index contributed by atoms with van der Waals surface area (Å²) in [4.78, 5) is 10.2. The minimum atomic E-state index is 0.271. The molecular weight excluding hydrogens is 196 g/mol. The van der Waals surface area contributed by atoms with Crippen molar-refractivity contribution in [2.45, 2.75) is 39.0 Å². The van der Waals surface area contributed by atoms with E-state index in [-0.39, 0.29) is 5.41 Å². The zero-order valence-corrected chi connectivity index (χ0v) is 10.4. The zero-order valence-electron chi connectivity index (χ0n) is 10.4. The second-order valence-corrected chi connectivity index (χ2v) is 4.38. The van der Waals surface area contributed by atoms with Crippen LogP contribution in [0.1, 0.15) is 44.7 Å². The van der Waals surface area contributed by atoms with Crippen LogP contribution in [-0.2, 0) is 10.2 Å². The highest BCUT2D eigenvalue weighted by Gasteiger charge is 2.21. The predicted octanol–water partition coefficient (Wildman–Crippen LogP) is 3.98. The van der Waals surface area contributed by atoms with Crippen molar-refractivity contribution < 1.29 is 4.79 Å². The van der Waals surface area contributed by atoms with E-state index in [1.807, 2.05) is 6.08 Å². The van der Waals surface area contributed by atoms with Gasteiger partial charge in [0.15, 0.2) is 0 Å². The topological polar surface area (TPSA) is 17.1 Å². The molecule has 0 heterocycles. The van der Waals surface area contributed by atoms with E-state index < -0.39 is 0 Å². The summed E-state index contributed by atoms with van der Waals surface area (Å²) in [5.41, 5.74) is 2.72. The lowest BCUT2D eigenvalue weighted by atomic mass is 9.78. The Labute approximate surface area is 98.2 Å². The third-order valence-corrected chi connectivity index (χ3v) is 3.54. The molecule has 0 atom stereocenters. The van der Waals surface area contributed by atoms with Crippen LogP contribution < -0.4 is 0 Å². The number of benzene rings is 1. The molecule has 0 aliphatic carbocycles. The second-order valence-electron chi connectivity index (χ2n) is 4.38. The van der Waals surface area contributed by atoms with Crippen molar-refractivity contribution in [1.29, 1.82) is 0 Å². The Balaban J connectivity index is 2.93. The van der Waals surface area contributed by atoms with Crippen LogP contribution in [0, 0.1) is 0 Å². The highest BCUT2D eigenvalue weighted by molar-refractivity contribution is 5.73. The van der Waals surface area contributed by atoms with Gasteiger partial charge in [0, 0.05) is 0 Å². The standard InChI is InChI=1S/C15H20O/c1-4-15(3,5-2)14-10-8-13(9-11-14)7-6-12-16/h6-12H,4-5H2,1-3H3/b7-6+. The van der Waals surface area contributed by atoms with E-state index in [4.69, 9.17) is 0 Å². The summed E-state index contributed by atoms with van der Waals surface area (Å²) in [5.74, 6) is 0. The summed E-state index contributed by atoms with van der Waals surface area (Å²) in [6.45, 7) is 6.75. The van der Waals surface area contributed by atoms with Crippen LogP contribution in [0.5, 0.6) is 0 Å². The van der Waals surface area contributed by atoms with Crippen molar-refractivity contribution in [1.82, 2.24) is 0 Å². The summed E-state index contributed by atoms with van der Waals surface area (Å²) in [5, 5.41) is 0. The van der Waals surface area contributed by atoms with Gasteiger partial charge in [0.1, 0.15) is 6.29 Å². The molecule has 16 heavy (non-hydrogen) atoms. The molecule has 0 radical (unpaired) electrons. The molecule has 0 amide bonds. The molecule has 1 rings (SSSR count). The fraction of sp³-hybridized carbons (Fsp3) is 0.400. The number of carbonyl (C=O) groups is 1. The van der Waals surface area contributed by atoms with E-state index in [2.05, 4.69) is 45.0 Å². The van der Waals surface area contributed by atoms with Gasteiger partial charge in [0.25, 0.3) is 0 Å². The Morgan fingerprint density at radius 2 is 1.69 bits per heavy atom. The maximum Gasteiger partial charge on any atom is 0.142 e. The third-order valence-electron chi connectivity index (χ3n) is 3.54. The molecule has 86 valence electrons. The molecule has 0 unspecified atom stereocenters. The molecule has 0 fully saturated rings. The molecule has 0 N–H and O–H groups in total. The number of allylic oxidation sites excluding steroid dienone is 1. The maximum absolute atomic E-state index is 10.2. The van der Waals surface area contributed by atoms with Crippen LogP contribution in [0.3, 0.4) is 0 Å². The first-order valence-electron chi connectivity index (χ1n) is 5.88. The summed E-state index contributed by atoms with van der Waals surface area (Å²) < 4.78 is 0. The van der Waals surface area contributed by atoms with Crippen LogP contribution >= 0.6 is 0 Å². The molecule has 1 heteroatoms. The summed E-state index contributed by atoms with van der Waals surface area (Å²) >= 11 is 0. The molecule has 0 bridgehead atoms. The number of rotatable bonds is 5. The molecule has 0 spiro atoms. The molecule has 1 aromatic rings. The molecule has 1 aromatic carbocycles. The van der Waals surface area contributed by atoms with E-state index >= 15 is 0 Å². The normalized spacial score (nSPS) is 11.9. The minimum Gasteiger partial charge on any atom is -0.299 e. The van der Waals surface area contributed by atoms with Gasteiger partial charge in [-0.3, -0.25) is 4.79 Å². The lowest BCUT2D eigenvalue weighted by molar-refractivity contribution is -0.104. The van der Waals surface area contributed by atoms with Gasteiger partial charge in [0.2, 0.25) is 0 Å². The third kappa shape index (κ3) is 2.82. The molecule has 0 aliphatic rings. The highest BCUT2D eigenvalue weighted by Crippen LogP contribution is 2.30. The first kappa shape index (κ1) is 12.7. The van der Waals surface area contributed by atoms with Crippen molar-refractivity contribution in [2.75, 3.05) is 0 Å². The Kier molecular flexibility index (Phi) is 4.48. The van der Waals surface area contributed by atoms with Gasteiger partial charge in [-0.25, -0.2) is 0 Å². The van der Waals surface area contributed by atoms with Crippen molar-refractivity contribution >= 4 is 12.4 Å². The lowest BCUT2D eigenvalue weighted by Gasteiger charge is -2.27. The average Bonchev–Trinajstić information content (AvgIpc) is 2.36. The molecule has 0 saturated heterocycles. The van der Waals surface area contributed by atoms with Crippen LogP contribution in [0.25, 0.3) is 6.08 Å². The van der Waals surface area contributed by atoms with E-state index in [0.29, 0.717) is 0 Å². The second kappa shape index (κ2) is 5.64. The van der Waals surface area contributed by atoms with Gasteiger partial charge >= 0.3 is 0 Å². The Hall–Kier alpha value is -1.37. The van der Waals surface area contributed by atoms with Crippen LogP contribution in [0.15, 0.2) is 30.3 Å². The first-order valence-corrected chi connectivity index (χ1v) is 5.88. The Morgan fingerprint density at radius 3 is 2.12 bits per heavy atom. The molecule has 0 saturated carbocycles. The largest absolute Gasteiger partial charge is 0.299 e. The van der Waals surface area contributed by atoms with Crippen molar-refractivity contribution in [3.05, 3.63) is 41.5 Å². The number of aldehydes is 1. The number of hydrogen-bond donors (Lipinski definition) is 0. The van der Waals surface area contributed by atoms with E-state index in [1.54, 1.807) is 0 Å². The summed E-state index contributed by atoms with van der Waals surface area (Å²) in [6.07, 6.45) is 6.44. The lowest BCUT2D eigenvalue weighted by Crippen LogP contribution is -2.19.